The molecule has 1 aliphatic heterocycles. The molecule has 1 aliphatic rings. The van der Waals surface area contributed by atoms with Gasteiger partial charge >= 0.3 is 6.18 Å². The monoisotopic (exact) mass is 416 g/mol. The van der Waals surface area contributed by atoms with Gasteiger partial charge in [-0.2, -0.15) is 17.5 Å². The Bertz CT molecular complexity index is 782. The van der Waals surface area contributed by atoms with Crippen molar-refractivity contribution in [2.24, 2.45) is 0 Å². The molecule has 146 valence electrons. The van der Waals surface area contributed by atoms with Crippen LogP contribution in [0.15, 0.2) is 12.3 Å². The van der Waals surface area contributed by atoms with Gasteiger partial charge in [0, 0.05) is 25.2 Å². The summed E-state index contributed by atoms with van der Waals surface area (Å²) in [7, 11) is -4.02. The van der Waals surface area contributed by atoms with Crippen molar-refractivity contribution in [1.82, 2.24) is 9.29 Å². The molecular weight excluding hydrogens is 401 g/mol. The van der Waals surface area contributed by atoms with E-state index in [1.807, 2.05) is 0 Å². The molecule has 1 aromatic heterocycles. The molecule has 2 heterocycles. The van der Waals surface area contributed by atoms with Crippen molar-refractivity contribution in [3.63, 3.8) is 0 Å². The molecule has 0 aromatic carbocycles. The maximum Gasteiger partial charge on any atom is 0.402 e. The van der Waals surface area contributed by atoms with Crippen LogP contribution >= 0.6 is 11.6 Å². The summed E-state index contributed by atoms with van der Waals surface area (Å²) in [6.07, 6.45) is -2.54. The number of hydrogen-bond acceptors (Lipinski definition) is 6. The largest absolute Gasteiger partial charge is 0.402 e. The molecule has 1 aromatic rings. The Labute approximate surface area is 152 Å². The summed E-state index contributed by atoms with van der Waals surface area (Å²) in [5, 5.41) is 10.8. The molecule has 1 fully saturated rings. The van der Waals surface area contributed by atoms with Gasteiger partial charge in [-0.3, -0.25) is 10.1 Å². The van der Waals surface area contributed by atoms with Crippen LogP contribution in [0.1, 0.15) is 12.8 Å². The van der Waals surface area contributed by atoms with E-state index >= 15 is 0 Å². The minimum atomic E-state index is -4.64. The number of anilines is 1. The first kappa shape index (κ1) is 20.6. The van der Waals surface area contributed by atoms with Crippen molar-refractivity contribution >= 4 is 33.1 Å². The third-order valence-corrected chi connectivity index (χ3v) is 5.51. The zero-order chi connectivity index (χ0) is 19.7. The van der Waals surface area contributed by atoms with Gasteiger partial charge < -0.3 is 4.90 Å². The van der Waals surface area contributed by atoms with Crippen molar-refractivity contribution in [3.8, 4) is 0 Å². The third kappa shape index (κ3) is 5.17. The predicted octanol–water partition coefficient (Wildman–Crippen LogP) is 2.44. The van der Waals surface area contributed by atoms with Crippen molar-refractivity contribution in [1.29, 1.82) is 0 Å². The number of piperidine rings is 1. The molecule has 1 saturated heterocycles. The van der Waals surface area contributed by atoms with Crippen LogP contribution in [0.4, 0.5) is 24.7 Å². The Morgan fingerprint density at radius 3 is 2.42 bits per heavy atom. The second-order valence-electron chi connectivity index (χ2n) is 5.90. The van der Waals surface area contributed by atoms with Gasteiger partial charge in [0.05, 0.1) is 16.2 Å². The summed E-state index contributed by atoms with van der Waals surface area (Å²) in [5.74, 6) is 0.275. The molecule has 0 unspecified atom stereocenters. The van der Waals surface area contributed by atoms with Crippen LogP contribution in [-0.2, 0) is 10.0 Å². The lowest BCUT2D eigenvalue weighted by atomic mass is 10.0. The van der Waals surface area contributed by atoms with Crippen molar-refractivity contribution < 1.29 is 26.5 Å². The molecular formula is C13H16ClF3N4O4S. The first-order chi connectivity index (χ1) is 11.9. The van der Waals surface area contributed by atoms with Gasteiger partial charge in [-0.05, 0) is 12.8 Å². The molecule has 0 saturated carbocycles. The molecule has 0 amide bonds. The molecule has 0 spiro atoms. The van der Waals surface area contributed by atoms with Gasteiger partial charge in [0.25, 0.3) is 5.69 Å². The lowest BCUT2D eigenvalue weighted by Gasteiger charge is -2.38. The van der Waals surface area contributed by atoms with Crippen LogP contribution in [-0.4, -0.2) is 60.7 Å². The normalized spacial score (nSPS) is 16.9. The van der Waals surface area contributed by atoms with Crippen LogP contribution in [0.25, 0.3) is 0 Å². The van der Waals surface area contributed by atoms with Gasteiger partial charge in [-0.15, -0.1) is 0 Å². The summed E-state index contributed by atoms with van der Waals surface area (Å²) < 4.78 is 62.0. The van der Waals surface area contributed by atoms with Gasteiger partial charge in [0.2, 0.25) is 10.0 Å². The summed E-state index contributed by atoms with van der Waals surface area (Å²) in [5.41, 5.74) is -0.276. The second kappa shape index (κ2) is 7.53. The molecule has 0 radical (unpaired) electrons. The predicted molar refractivity (Wildman–Crippen MR) is 88.7 cm³/mol. The molecule has 8 nitrogen and oxygen atoms in total. The maximum absolute atomic E-state index is 12.7. The van der Waals surface area contributed by atoms with Crippen molar-refractivity contribution in [3.05, 3.63) is 27.4 Å². The van der Waals surface area contributed by atoms with E-state index in [2.05, 4.69) is 4.98 Å². The van der Waals surface area contributed by atoms with E-state index in [-0.39, 0.29) is 42.5 Å². The Balaban J connectivity index is 2.11. The number of sulfonamides is 1. The number of nitrogens with zero attached hydrogens (tertiary/aromatic N) is 4. The highest BCUT2D eigenvalue weighted by Crippen LogP contribution is 2.31. The smallest absolute Gasteiger partial charge is 0.355 e. The van der Waals surface area contributed by atoms with Gasteiger partial charge in [0.1, 0.15) is 18.6 Å². The number of rotatable bonds is 5. The number of aromatic nitrogens is 1. The van der Waals surface area contributed by atoms with E-state index in [0.717, 1.165) is 18.5 Å². The minimum Gasteiger partial charge on any atom is -0.355 e. The summed E-state index contributed by atoms with van der Waals surface area (Å²) in [6, 6.07) is 0.349. The molecule has 13 heteroatoms. The number of pyridine rings is 1. The van der Waals surface area contributed by atoms with Gasteiger partial charge in [-0.25, -0.2) is 13.4 Å². The second-order valence-corrected chi connectivity index (χ2v) is 8.24. The summed E-state index contributed by atoms with van der Waals surface area (Å²) in [6.45, 7) is -1.09. The van der Waals surface area contributed by atoms with Gasteiger partial charge in [-0.1, -0.05) is 11.6 Å². The fraction of sp³-hybridized carbons (Fsp3) is 0.615. The van der Waals surface area contributed by atoms with Crippen LogP contribution in [0.2, 0.25) is 5.02 Å². The number of alkyl halides is 3. The van der Waals surface area contributed by atoms with Gasteiger partial charge in [0.15, 0.2) is 0 Å². The Hall–Kier alpha value is -1.66. The van der Waals surface area contributed by atoms with E-state index in [9.17, 15) is 31.7 Å². The quantitative estimate of drug-likeness (QED) is 0.540. The van der Waals surface area contributed by atoms with E-state index in [1.165, 1.54) is 0 Å². The fourth-order valence-electron chi connectivity index (χ4n) is 2.81. The lowest BCUT2D eigenvalue weighted by molar-refractivity contribution is -0.385. The Morgan fingerprint density at radius 1 is 1.42 bits per heavy atom. The Morgan fingerprint density at radius 2 is 2.00 bits per heavy atom. The average Bonchev–Trinajstić information content (AvgIpc) is 2.51. The molecule has 0 bridgehead atoms. The third-order valence-electron chi connectivity index (χ3n) is 3.95. The van der Waals surface area contributed by atoms with Crippen LogP contribution in [0, 0.1) is 10.1 Å². The zero-order valence-corrected chi connectivity index (χ0v) is 15.2. The topological polar surface area (TPSA) is 96.7 Å². The molecule has 2 rings (SSSR count). The standard InChI is InChI=1S/C13H16ClF3N4O4S/c1-26(24,25)20(8-13(15,16)17)9-2-4-19(5-3-9)12-11(14)6-10(7-18-12)21(22)23/h6-7,9H,2-5,8H2,1H3. The summed E-state index contributed by atoms with van der Waals surface area (Å²) in [4.78, 5) is 15.7. The highest BCUT2D eigenvalue weighted by molar-refractivity contribution is 7.88. The zero-order valence-electron chi connectivity index (χ0n) is 13.6. The fourth-order valence-corrected chi connectivity index (χ4v) is 4.23. The number of halogens is 4. The Kier molecular flexibility index (Phi) is 5.98. The lowest BCUT2D eigenvalue weighted by Crippen LogP contribution is -2.50. The SMILES string of the molecule is CS(=O)(=O)N(CC(F)(F)F)C1CCN(c2ncc([N+](=O)[O-])cc2Cl)CC1. The van der Waals surface area contributed by atoms with E-state index < -0.39 is 33.7 Å². The van der Waals surface area contributed by atoms with Crippen LogP contribution < -0.4 is 4.90 Å². The highest BCUT2D eigenvalue weighted by Gasteiger charge is 2.39. The average molecular weight is 417 g/mol. The van der Waals surface area contributed by atoms with Crippen molar-refractivity contribution in [2.75, 3.05) is 30.8 Å². The molecule has 0 aliphatic carbocycles. The number of nitro groups is 1. The van der Waals surface area contributed by atoms with Crippen molar-refractivity contribution in [2.45, 2.75) is 25.1 Å². The van der Waals surface area contributed by atoms with Crippen LogP contribution in [0.5, 0.6) is 0 Å². The molecule has 0 atom stereocenters. The highest BCUT2D eigenvalue weighted by atomic mass is 35.5. The van der Waals surface area contributed by atoms with E-state index in [4.69, 9.17) is 11.6 Å². The number of hydrogen-bond donors (Lipinski definition) is 0. The summed E-state index contributed by atoms with van der Waals surface area (Å²) >= 11 is 6.00. The maximum atomic E-state index is 12.7. The first-order valence-electron chi connectivity index (χ1n) is 7.47. The first-order valence-corrected chi connectivity index (χ1v) is 9.69. The minimum absolute atomic E-state index is 0.0490. The molecule has 26 heavy (non-hydrogen) atoms. The molecule has 0 N–H and O–H groups in total. The van der Waals surface area contributed by atoms with Crippen LogP contribution in [0.3, 0.4) is 0 Å². The van der Waals surface area contributed by atoms with E-state index in [1.54, 1.807) is 4.90 Å². The van der Waals surface area contributed by atoms with E-state index in [0.29, 0.717) is 4.31 Å².